The number of aromatic nitrogens is 2. The Kier molecular flexibility index (Phi) is 5.36. The molecule has 5 nitrogen and oxygen atoms in total. The van der Waals surface area contributed by atoms with Crippen LogP contribution in [0.15, 0.2) is 12.4 Å². The van der Waals surface area contributed by atoms with E-state index in [0.717, 1.165) is 12.3 Å². The number of H-pyrrole nitrogens is 1. The second-order valence-electron chi connectivity index (χ2n) is 3.38. The van der Waals surface area contributed by atoms with Gasteiger partial charge in [-0.15, -0.1) is 0 Å². The fourth-order valence-corrected chi connectivity index (χ4v) is 1.03. The lowest BCUT2D eigenvalue weighted by Crippen LogP contribution is -2.31. The Bertz CT molecular complexity index is 277. The Morgan fingerprint density at radius 1 is 1.71 bits per heavy atom. The Balaban J connectivity index is 0.000000364. The van der Waals surface area contributed by atoms with Crippen molar-refractivity contribution in [2.45, 2.75) is 20.3 Å². The van der Waals surface area contributed by atoms with Crippen molar-refractivity contribution in [2.24, 2.45) is 13.0 Å². The molecule has 0 aromatic carbocycles. The summed E-state index contributed by atoms with van der Waals surface area (Å²) in [5.74, 6) is 2.03. The number of aryl methyl sites for hydroxylation is 1. The van der Waals surface area contributed by atoms with Crippen LogP contribution in [0.2, 0.25) is 0 Å². The minimum Gasteiger partial charge on any atom is -0.565 e. The molecule has 0 fully saturated rings. The van der Waals surface area contributed by atoms with E-state index in [9.17, 15) is 0 Å². The minimum absolute atomic E-state index is 0.727. The number of nitrogens with zero attached hydrogens (tertiary/aromatic N) is 1. The van der Waals surface area contributed by atoms with Crippen molar-refractivity contribution in [3.8, 4) is 0 Å². The Hall–Kier alpha value is -1.52. The Labute approximate surface area is 83.0 Å². The summed E-state index contributed by atoms with van der Waals surface area (Å²) in [5, 5.41) is 15.3. The van der Waals surface area contributed by atoms with Gasteiger partial charge in [0, 0.05) is 0 Å². The van der Waals surface area contributed by atoms with Crippen LogP contribution in [0.3, 0.4) is 0 Å². The molecule has 0 radical (unpaired) electrons. The van der Waals surface area contributed by atoms with E-state index in [-0.39, 0.29) is 0 Å². The van der Waals surface area contributed by atoms with Crippen LogP contribution in [0.25, 0.3) is 0 Å². The van der Waals surface area contributed by atoms with Gasteiger partial charge in [0.2, 0.25) is 6.16 Å². The van der Waals surface area contributed by atoms with Crippen LogP contribution in [0.4, 0.5) is 4.79 Å². The molecule has 1 aromatic rings. The Morgan fingerprint density at radius 3 is 2.50 bits per heavy atom. The zero-order valence-corrected chi connectivity index (χ0v) is 8.65. The maximum atomic E-state index is 8.44. The van der Waals surface area contributed by atoms with Crippen LogP contribution in [0, 0.1) is 5.92 Å². The molecule has 0 spiro atoms. The number of rotatable bonds is 2. The lowest BCUT2D eigenvalue weighted by atomic mass is 10.1. The SMILES string of the molecule is CC(C)Cc1[nH]cc[n+]1C.O=C([O-])O. The van der Waals surface area contributed by atoms with Gasteiger partial charge in [-0.25, -0.2) is 9.55 Å². The van der Waals surface area contributed by atoms with Crippen molar-refractivity contribution in [2.75, 3.05) is 0 Å². The van der Waals surface area contributed by atoms with E-state index in [1.807, 2.05) is 12.4 Å². The highest BCUT2D eigenvalue weighted by molar-refractivity contribution is 5.50. The van der Waals surface area contributed by atoms with Crippen LogP contribution in [0.1, 0.15) is 19.7 Å². The lowest BCUT2D eigenvalue weighted by molar-refractivity contribution is -0.678. The standard InChI is InChI=1S/C8H14N2.CH2O3/c1-7(2)6-8-9-4-5-10(8)3;2-1(3)4/h4-5,7H,6H2,1-3H3;(H2,2,3,4). The van der Waals surface area contributed by atoms with Gasteiger partial charge in [-0.1, -0.05) is 13.8 Å². The molecule has 0 bridgehead atoms. The average molecular weight is 200 g/mol. The molecule has 0 unspecified atom stereocenters. The molecule has 1 heterocycles. The normalized spacial score (nSPS) is 9.43. The smallest absolute Gasteiger partial charge is 0.254 e. The van der Waals surface area contributed by atoms with Crippen molar-refractivity contribution < 1.29 is 19.6 Å². The van der Waals surface area contributed by atoms with Crippen LogP contribution < -0.4 is 9.67 Å². The predicted octanol–water partition coefficient (Wildman–Crippen LogP) is -0.0746. The topological polar surface area (TPSA) is 80.0 Å². The molecule has 5 heteroatoms. The first-order chi connectivity index (χ1) is 6.43. The van der Waals surface area contributed by atoms with Gasteiger partial charge in [0.05, 0.1) is 13.5 Å². The molecule has 0 saturated heterocycles. The summed E-state index contributed by atoms with van der Waals surface area (Å²) >= 11 is 0. The summed E-state index contributed by atoms with van der Waals surface area (Å²) in [4.78, 5) is 11.6. The predicted molar refractivity (Wildman–Crippen MR) is 48.5 cm³/mol. The molecule has 0 aliphatic heterocycles. The number of hydrogen-bond acceptors (Lipinski definition) is 2. The fourth-order valence-electron chi connectivity index (χ4n) is 1.03. The van der Waals surface area contributed by atoms with E-state index in [4.69, 9.17) is 15.0 Å². The third-order valence-electron chi connectivity index (χ3n) is 1.58. The van der Waals surface area contributed by atoms with Gasteiger partial charge in [-0.3, -0.25) is 0 Å². The van der Waals surface area contributed by atoms with Gasteiger partial charge < -0.3 is 15.0 Å². The molecule has 0 aliphatic rings. The van der Waals surface area contributed by atoms with Gasteiger partial charge >= 0.3 is 0 Å². The van der Waals surface area contributed by atoms with Gasteiger partial charge in [0.1, 0.15) is 12.4 Å². The lowest BCUT2D eigenvalue weighted by Gasteiger charge is -1.97. The van der Waals surface area contributed by atoms with Crippen molar-refractivity contribution in [3.05, 3.63) is 18.2 Å². The Morgan fingerprint density at radius 2 is 2.21 bits per heavy atom. The molecule has 2 N–H and O–H groups in total. The van der Waals surface area contributed by atoms with Gasteiger partial charge in [0.15, 0.2) is 0 Å². The van der Waals surface area contributed by atoms with E-state index in [1.54, 1.807) is 0 Å². The van der Waals surface area contributed by atoms with Crippen LogP contribution in [-0.2, 0) is 13.5 Å². The molecule has 80 valence electrons. The largest absolute Gasteiger partial charge is 0.565 e. The molecular formula is C9H16N2O3. The molecule has 1 rings (SSSR count). The summed E-state index contributed by atoms with van der Waals surface area (Å²) in [6.07, 6.45) is 3.05. The number of nitrogens with one attached hydrogen (secondary N) is 1. The van der Waals surface area contributed by atoms with E-state index >= 15 is 0 Å². The van der Waals surface area contributed by atoms with Crippen molar-refractivity contribution in [3.63, 3.8) is 0 Å². The van der Waals surface area contributed by atoms with Crippen LogP contribution in [0.5, 0.6) is 0 Å². The molecule has 0 saturated carbocycles. The summed E-state index contributed by atoms with van der Waals surface area (Å²) < 4.78 is 2.12. The molecule has 1 aromatic heterocycles. The number of aromatic amines is 1. The number of hydrogen-bond donors (Lipinski definition) is 2. The van der Waals surface area contributed by atoms with E-state index in [0.29, 0.717) is 0 Å². The molecule has 0 aliphatic carbocycles. The van der Waals surface area contributed by atoms with E-state index in [2.05, 4.69) is 30.4 Å². The summed E-state index contributed by atoms with van der Waals surface area (Å²) in [6.45, 7) is 4.45. The van der Waals surface area contributed by atoms with Gasteiger partial charge in [-0.05, 0) is 5.92 Å². The third kappa shape index (κ3) is 6.05. The zero-order chi connectivity index (χ0) is 11.1. The van der Waals surface area contributed by atoms with Crippen molar-refractivity contribution in [1.82, 2.24) is 4.98 Å². The third-order valence-corrected chi connectivity index (χ3v) is 1.58. The second-order valence-corrected chi connectivity index (χ2v) is 3.38. The molecule has 0 amide bonds. The number of carboxylic acid groups (broad SMARTS) is 2. The molecular weight excluding hydrogens is 184 g/mol. The van der Waals surface area contributed by atoms with Crippen LogP contribution >= 0.6 is 0 Å². The molecule has 0 atom stereocenters. The maximum absolute atomic E-state index is 8.44. The van der Waals surface area contributed by atoms with E-state index < -0.39 is 6.16 Å². The van der Waals surface area contributed by atoms with Crippen molar-refractivity contribution >= 4 is 6.16 Å². The molecule has 14 heavy (non-hydrogen) atoms. The number of imidazole rings is 1. The highest BCUT2D eigenvalue weighted by Gasteiger charge is 2.07. The highest BCUT2D eigenvalue weighted by atomic mass is 16.6. The summed E-state index contributed by atoms with van der Waals surface area (Å²) in [7, 11) is 2.06. The van der Waals surface area contributed by atoms with E-state index in [1.165, 1.54) is 5.82 Å². The first-order valence-corrected chi connectivity index (χ1v) is 4.35. The highest BCUT2D eigenvalue weighted by Crippen LogP contribution is 1.99. The maximum Gasteiger partial charge on any atom is 0.254 e. The quantitative estimate of drug-likeness (QED) is 0.655. The van der Waals surface area contributed by atoms with Gasteiger partial charge in [0.25, 0.3) is 5.82 Å². The second kappa shape index (κ2) is 6.01. The van der Waals surface area contributed by atoms with Crippen LogP contribution in [-0.4, -0.2) is 16.2 Å². The fraction of sp³-hybridized carbons (Fsp3) is 0.556. The first kappa shape index (κ1) is 12.5. The average Bonchev–Trinajstić information content (AvgIpc) is 2.34. The monoisotopic (exact) mass is 200 g/mol. The van der Waals surface area contributed by atoms with Crippen molar-refractivity contribution in [1.29, 1.82) is 0 Å². The number of carbonyl (C=O) groups is 1. The summed E-state index contributed by atoms with van der Waals surface area (Å²) in [6, 6.07) is 0. The summed E-state index contributed by atoms with van der Waals surface area (Å²) in [5.41, 5.74) is 0. The minimum atomic E-state index is -2.08. The van der Waals surface area contributed by atoms with Gasteiger partial charge in [-0.2, -0.15) is 0 Å². The first-order valence-electron chi connectivity index (χ1n) is 4.35. The zero-order valence-electron chi connectivity index (χ0n) is 8.65.